The summed E-state index contributed by atoms with van der Waals surface area (Å²) in [7, 11) is 0. The average Bonchev–Trinajstić information content (AvgIpc) is 3.02. The third-order valence-corrected chi connectivity index (χ3v) is 6.53. The molecule has 1 N–H and O–H groups in total. The summed E-state index contributed by atoms with van der Waals surface area (Å²) in [5.74, 6) is 1.53. The molecule has 1 saturated carbocycles. The summed E-state index contributed by atoms with van der Waals surface area (Å²) in [4.78, 5) is 2.77. The molecule has 0 aromatic heterocycles. The molecule has 0 spiro atoms. The molecule has 0 radical (unpaired) electrons. The molecule has 0 amide bonds. The van der Waals surface area contributed by atoms with E-state index in [4.69, 9.17) is 0 Å². The SMILES string of the molecule is c1ccc(CN2CCCC3C4Nc5ccccc5C4CCC32)cc1. The predicted octanol–water partition coefficient (Wildman–Crippen LogP) is 4.64. The van der Waals surface area contributed by atoms with Gasteiger partial charge < -0.3 is 5.32 Å². The molecule has 1 saturated heterocycles. The van der Waals surface area contributed by atoms with Crippen LogP contribution in [0.1, 0.15) is 42.7 Å². The predicted molar refractivity (Wildman–Crippen MR) is 99.2 cm³/mol. The van der Waals surface area contributed by atoms with E-state index in [0.29, 0.717) is 6.04 Å². The minimum absolute atomic E-state index is 0.653. The molecule has 1 aliphatic carbocycles. The number of likely N-dealkylation sites (tertiary alicyclic amines) is 1. The summed E-state index contributed by atoms with van der Waals surface area (Å²) in [5, 5.41) is 3.89. The Balaban J connectivity index is 1.38. The molecule has 24 heavy (non-hydrogen) atoms. The van der Waals surface area contributed by atoms with E-state index in [1.807, 2.05) is 0 Å². The highest BCUT2D eigenvalue weighted by Gasteiger charge is 2.46. The zero-order chi connectivity index (χ0) is 15.9. The standard InChI is InChI=1S/C22H26N2/c1-2-7-16(8-3-1)15-24-14-6-10-19-21(24)13-12-18-17-9-4-5-11-20(17)23-22(18)19/h1-5,7-9,11,18-19,21-23H,6,10,12-15H2. The van der Waals surface area contributed by atoms with Crippen molar-refractivity contribution in [3.05, 3.63) is 65.7 Å². The van der Waals surface area contributed by atoms with Crippen LogP contribution in [0.5, 0.6) is 0 Å². The topological polar surface area (TPSA) is 15.3 Å². The molecular formula is C22H26N2. The first-order valence-corrected chi connectivity index (χ1v) is 9.53. The van der Waals surface area contributed by atoms with Gasteiger partial charge in [0.2, 0.25) is 0 Å². The van der Waals surface area contributed by atoms with E-state index in [0.717, 1.165) is 24.4 Å². The summed E-state index contributed by atoms with van der Waals surface area (Å²) >= 11 is 0. The lowest BCUT2D eigenvalue weighted by Crippen LogP contribution is -2.53. The van der Waals surface area contributed by atoms with Crippen molar-refractivity contribution in [1.29, 1.82) is 0 Å². The first-order valence-electron chi connectivity index (χ1n) is 9.53. The third kappa shape index (κ3) is 2.36. The van der Waals surface area contributed by atoms with E-state index in [9.17, 15) is 0 Å². The van der Waals surface area contributed by atoms with Gasteiger partial charge in [-0.1, -0.05) is 48.5 Å². The Morgan fingerprint density at radius 3 is 2.67 bits per heavy atom. The number of hydrogen-bond acceptors (Lipinski definition) is 2. The number of nitrogens with one attached hydrogen (secondary N) is 1. The highest BCUT2D eigenvalue weighted by molar-refractivity contribution is 5.60. The van der Waals surface area contributed by atoms with Gasteiger partial charge in [-0.2, -0.15) is 0 Å². The second-order valence-corrected chi connectivity index (χ2v) is 7.77. The molecule has 4 atom stereocenters. The molecular weight excluding hydrogens is 292 g/mol. The Kier molecular flexibility index (Phi) is 3.59. The molecule has 0 bridgehead atoms. The van der Waals surface area contributed by atoms with Gasteiger partial charge in [-0.05, 0) is 55.3 Å². The molecule has 2 heterocycles. The fourth-order valence-electron chi connectivity index (χ4n) is 5.51. The van der Waals surface area contributed by atoms with Crippen molar-refractivity contribution in [3.63, 3.8) is 0 Å². The minimum Gasteiger partial charge on any atom is -0.381 e. The van der Waals surface area contributed by atoms with Crippen LogP contribution >= 0.6 is 0 Å². The molecule has 2 fully saturated rings. The Morgan fingerprint density at radius 1 is 0.917 bits per heavy atom. The summed E-state index contributed by atoms with van der Waals surface area (Å²) in [6.45, 7) is 2.38. The van der Waals surface area contributed by atoms with Crippen LogP contribution in [0.15, 0.2) is 54.6 Å². The zero-order valence-electron chi connectivity index (χ0n) is 14.2. The van der Waals surface area contributed by atoms with Gasteiger partial charge >= 0.3 is 0 Å². The highest BCUT2D eigenvalue weighted by Crippen LogP contribution is 2.49. The van der Waals surface area contributed by atoms with E-state index in [1.54, 1.807) is 5.56 Å². The largest absolute Gasteiger partial charge is 0.381 e. The van der Waals surface area contributed by atoms with Crippen molar-refractivity contribution >= 4 is 5.69 Å². The van der Waals surface area contributed by atoms with Crippen molar-refractivity contribution in [3.8, 4) is 0 Å². The third-order valence-electron chi connectivity index (χ3n) is 6.53. The lowest BCUT2D eigenvalue weighted by Gasteiger charge is -2.49. The summed E-state index contributed by atoms with van der Waals surface area (Å²) in [6, 6.07) is 21.4. The van der Waals surface area contributed by atoms with Crippen molar-refractivity contribution in [2.75, 3.05) is 11.9 Å². The molecule has 5 rings (SSSR count). The average molecular weight is 318 g/mol. The lowest BCUT2D eigenvalue weighted by atomic mass is 9.69. The maximum absolute atomic E-state index is 3.89. The Labute approximate surface area is 144 Å². The molecule has 2 aromatic rings. The van der Waals surface area contributed by atoms with E-state index >= 15 is 0 Å². The van der Waals surface area contributed by atoms with Crippen LogP contribution in [0, 0.1) is 5.92 Å². The maximum atomic E-state index is 3.89. The normalized spacial score (nSPS) is 31.7. The van der Waals surface area contributed by atoms with Gasteiger partial charge in [-0.15, -0.1) is 0 Å². The Morgan fingerprint density at radius 2 is 1.75 bits per heavy atom. The number of nitrogens with zero attached hydrogens (tertiary/aromatic N) is 1. The van der Waals surface area contributed by atoms with Crippen molar-refractivity contribution in [2.24, 2.45) is 5.92 Å². The number of rotatable bonds is 2. The van der Waals surface area contributed by atoms with Crippen LogP contribution in [-0.2, 0) is 6.54 Å². The van der Waals surface area contributed by atoms with Crippen LogP contribution in [0.2, 0.25) is 0 Å². The van der Waals surface area contributed by atoms with Gasteiger partial charge in [0.15, 0.2) is 0 Å². The van der Waals surface area contributed by atoms with E-state index in [1.165, 1.54) is 43.5 Å². The van der Waals surface area contributed by atoms with Crippen molar-refractivity contribution < 1.29 is 0 Å². The number of anilines is 1. The number of para-hydroxylation sites is 1. The van der Waals surface area contributed by atoms with Crippen molar-refractivity contribution in [2.45, 2.75) is 50.2 Å². The molecule has 4 unspecified atom stereocenters. The Bertz CT molecular complexity index is 711. The van der Waals surface area contributed by atoms with Crippen LogP contribution in [0.25, 0.3) is 0 Å². The fraction of sp³-hybridized carbons (Fsp3) is 0.455. The molecule has 3 aliphatic rings. The van der Waals surface area contributed by atoms with Crippen LogP contribution in [0.4, 0.5) is 5.69 Å². The second-order valence-electron chi connectivity index (χ2n) is 7.77. The number of fused-ring (bicyclic) bond motifs is 5. The molecule has 2 aliphatic heterocycles. The second kappa shape index (κ2) is 5.93. The summed E-state index contributed by atoms with van der Waals surface area (Å²) in [6.07, 6.45) is 5.42. The number of benzene rings is 2. The zero-order valence-corrected chi connectivity index (χ0v) is 14.2. The van der Waals surface area contributed by atoms with Crippen LogP contribution in [-0.4, -0.2) is 23.5 Å². The Hall–Kier alpha value is -1.80. The summed E-state index contributed by atoms with van der Waals surface area (Å²) in [5.41, 5.74) is 4.43. The fourth-order valence-corrected chi connectivity index (χ4v) is 5.51. The van der Waals surface area contributed by atoms with E-state index in [2.05, 4.69) is 64.8 Å². The van der Waals surface area contributed by atoms with Gasteiger partial charge in [0.05, 0.1) is 0 Å². The van der Waals surface area contributed by atoms with Gasteiger partial charge in [-0.3, -0.25) is 4.90 Å². The van der Waals surface area contributed by atoms with Gasteiger partial charge in [0.25, 0.3) is 0 Å². The molecule has 124 valence electrons. The van der Waals surface area contributed by atoms with Gasteiger partial charge in [0, 0.05) is 30.2 Å². The maximum Gasteiger partial charge on any atom is 0.0378 e. The first-order chi connectivity index (χ1) is 11.9. The summed E-state index contributed by atoms with van der Waals surface area (Å²) < 4.78 is 0. The molecule has 2 heteroatoms. The monoisotopic (exact) mass is 318 g/mol. The van der Waals surface area contributed by atoms with Crippen LogP contribution < -0.4 is 5.32 Å². The molecule has 2 nitrogen and oxygen atoms in total. The van der Waals surface area contributed by atoms with Gasteiger partial charge in [0.1, 0.15) is 0 Å². The van der Waals surface area contributed by atoms with E-state index < -0.39 is 0 Å². The highest BCUT2D eigenvalue weighted by atomic mass is 15.2. The van der Waals surface area contributed by atoms with E-state index in [-0.39, 0.29) is 0 Å². The minimum atomic E-state index is 0.653. The quantitative estimate of drug-likeness (QED) is 0.868. The lowest BCUT2D eigenvalue weighted by molar-refractivity contribution is 0.0425. The number of piperidine rings is 1. The molecule has 2 aromatic carbocycles. The first kappa shape index (κ1) is 14.5. The van der Waals surface area contributed by atoms with Gasteiger partial charge in [-0.25, -0.2) is 0 Å². The number of hydrogen-bond donors (Lipinski definition) is 1. The smallest absolute Gasteiger partial charge is 0.0378 e. The van der Waals surface area contributed by atoms with Crippen molar-refractivity contribution in [1.82, 2.24) is 4.90 Å². The van der Waals surface area contributed by atoms with Crippen LogP contribution in [0.3, 0.4) is 0 Å².